The predicted molar refractivity (Wildman–Crippen MR) is 56.3 cm³/mol. The van der Waals surface area contributed by atoms with Crippen LogP contribution in [0.5, 0.6) is 5.88 Å². The third-order valence-corrected chi connectivity index (χ3v) is 2.43. The van der Waals surface area contributed by atoms with Crippen LogP contribution < -0.4 is 10.5 Å². The summed E-state index contributed by atoms with van der Waals surface area (Å²) in [6.07, 6.45) is 0. The number of aromatic nitrogens is 2. The molecule has 14 heavy (non-hydrogen) atoms. The first kappa shape index (κ1) is 8.96. The van der Waals surface area contributed by atoms with E-state index in [1.165, 1.54) is 0 Å². The zero-order valence-corrected chi connectivity index (χ0v) is 8.41. The second-order valence-corrected chi connectivity index (χ2v) is 3.45. The van der Waals surface area contributed by atoms with Gasteiger partial charge in [-0.1, -0.05) is 0 Å². The van der Waals surface area contributed by atoms with Crippen LogP contribution in [0.1, 0.15) is 0 Å². The van der Waals surface area contributed by atoms with E-state index in [-0.39, 0.29) is 5.95 Å². The van der Waals surface area contributed by atoms with Crippen LogP contribution >= 0.6 is 11.3 Å². The van der Waals surface area contributed by atoms with Gasteiger partial charge < -0.3 is 10.5 Å². The summed E-state index contributed by atoms with van der Waals surface area (Å²) in [6.45, 7) is 0. The van der Waals surface area contributed by atoms with Gasteiger partial charge in [-0.15, -0.1) is 0 Å². The molecule has 0 saturated carbocycles. The van der Waals surface area contributed by atoms with Crippen molar-refractivity contribution in [2.45, 2.75) is 0 Å². The van der Waals surface area contributed by atoms with Gasteiger partial charge in [-0.05, 0) is 11.4 Å². The molecule has 2 N–H and O–H groups in total. The fourth-order valence-corrected chi connectivity index (χ4v) is 1.76. The van der Waals surface area contributed by atoms with Crippen molar-refractivity contribution in [3.05, 3.63) is 22.9 Å². The van der Waals surface area contributed by atoms with Gasteiger partial charge in [-0.2, -0.15) is 16.3 Å². The number of anilines is 1. The molecule has 0 amide bonds. The predicted octanol–water partition coefficient (Wildman–Crippen LogP) is 1.80. The Morgan fingerprint density at radius 1 is 1.43 bits per heavy atom. The van der Waals surface area contributed by atoms with E-state index in [2.05, 4.69) is 9.97 Å². The topological polar surface area (TPSA) is 61.0 Å². The van der Waals surface area contributed by atoms with Gasteiger partial charge in [0.2, 0.25) is 11.8 Å². The number of nitrogens with zero attached hydrogens (tertiary/aromatic N) is 2. The van der Waals surface area contributed by atoms with E-state index in [0.717, 1.165) is 11.3 Å². The highest BCUT2D eigenvalue weighted by Gasteiger charge is 2.04. The zero-order chi connectivity index (χ0) is 9.97. The van der Waals surface area contributed by atoms with Gasteiger partial charge in [0.1, 0.15) is 0 Å². The second kappa shape index (κ2) is 3.63. The number of hydrogen-bond donors (Lipinski definition) is 1. The maximum Gasteiger partial charge on any atom is 0.223 e. The minimum atomic E-state index is 0.227. The SMILES string of the molecule is COc1cc(-c2ccsc2)nc(N)n1. The van der Waals surface area contributed by atoms with Gasteiger partial charge in [0.05, 0.1) is 12.8 Å². The molecule has 2 rings (SSSR count). The smallest absolute Gasteiger partial charge is 0.223 e. The Balaban J connectivity index is 2.48. The number of nitrogens with two attached hydrogens (primary N) is 1. The quantitative estimate of drug-likeness (QED) is 0.815. The highest BCUT2D eigenvalue weighted by atomic mass is 32.1. The molecule has 0 aromatic carbocycles. The highest BCUT2D eigenvalue weighted by molar-refractivity contribution is 7.08. The van der Waals surface area contributed by atoms with E-state index in [1.54, 1.807) is 24.5 Å². The molecule has 2 aromatic rings. The highest BCUT2D eigenvalue weighted by Crippen LogP contribution is 2.23. The molecule has 2 aromatic heterocycles. The van der Waals surface area contributed by atoms with Crippen LogP contribution in [0.4, 0.5) is 5.95 Å². The average Bonchev–Trinajstić information content (AvgIpc) is 2.69. The van der Waals surface area contributed by atoms with Crippen molar-refractivity contribution < 1.29 is 4.74 Å². The van der Waals surface area contributed by atoms with Crippen LogP contribution in [-0.2, 0) is 0 Å². The van der Waals surface area contributed by atoms with Crippen molar-refractivity contribution in [2.24, 2.45) is 0 Å². The van der Waals surface area contributed by atoms with Crippen LogP contribution in [0, 0.1) is 0 Å². The number of methoxy groups -OCH3 is 1. The van der Waals surface area contributed by atoms with Gasteiger partial charge >= 0.3 is 0 Å². The summed E-state index contributed by atoms with van der Waals surface area (Å²) in [5.41, 5.74) is 7.36. The fourth-order valence-electron chi connectivity index (χ4n) is 1.11. The first-order valence-corrected chi connectivity index (χ1v) is 4.95. The van der Waals surface area contributed by atoms with Crippen molar-refractivity contribution in [1.82, 2.24) is 9.97 Å². The molecule has 0 aliphatic heterocycles. The summed E-state index contributed by atoms with van der Waals surface area (Å²) in [4.78, 5) is 8.03. The number of hydrogen-bond acceptors (Lipinski definition) is 5. The summed E-state index contributed by atoms with van der Waals surface area (Å²) in [7, 11) is 1.55. The lowest BCUT2D eigenvalue weighted by Crippen LogP contribution is -1.98. The van der Waals surface area contributed by atoms with Crippen LogP contribution in [-0.4, -0.2) is 17.1 Å². The van der Waals surface area contributed by atoms with Crippen LogP contribution in [0.2, 0.25) is 0 Å². The molecule has 0 bridgehead atoms. The summed E-state index contributed by atoms with van der Waals surface area (Å²) in [6, 6.07) is 3.74. The third-order valence-electron chi connectivity index (χ3n) is 1.75. The van der Waals surface area contributed by atoms with Crippen molar-refractivity contribution in [1.29, 1.82) is 0 Å². The molecule has 0 fully saturated rings. The first-order chi connectivity index (χ1) is 6.79. The molecule has 0 aliphatic carbocycles. The minimum absolute atomic E-state index is 0.227. The monoisotopic (exact) mass is 207 g/mol. The van der Waals surface area contributed by atoms with E-state index < -0.39 is 0 Å². The van der Waals surface area contributed by atoms with E-state index in [0.29, 0.717) is 5.88 Å². The molecule has 0 aliphatic rings. The Labute approximate surface area is 85.4 Å². The van der Waals surface area contributed by atoms with Crippen molar-refractivity contribution in [3.8, 4) is 17.1 Å². The van der Waals surface area contributed by atoms with Crippen molar-refractivity contribution >= 4 is 17.3 Å². The number of nitrogen functional groups attached to an aromatic ring is 1. The molecule has 5 heteroatoms. The average molecular weight is 207 g/mol. The maximum atomic E-state index is 5.54. The summed E-state index contributed by atoms with van der Waals surface area (Å²) in [5, 5.41) is 3.99. The third kappa shape index (κ3) is 1.67. The molecule has 4 nitrogen and oxygen atoms in total. The molecule has 72 valence electrons. The van der Waals surface area contributed by atoms with Crippen LogP contribution in [0.15, 0.2) is 22.9 Å². The molecular weight excluding hydrogens is 198 g/mol. The normalized spacial score (nSPS) is 10.1. The van der Waals surface area contributed by atoms with Gasteiger partial charge in [0.25, 0.3) is 0 Å². The lowest BCUT2D eigenvalue weighted by molar-refractivity contribution is 0.398. The largest absolute Gasteiger partial charge is 0.481 e. The van der Waals surface area contributed by atoms with E-state index in [1.807, 2.05) is 16.8 Å². The number of ether oxygens (including phenoxy) is 1. The van der Waals surface area contributed by atoms with Crippen LogP contribution in [0.25, 0.3) is 11.3 Å². The second-order valence-electron chi connectivity index (χ2n) is 2.67. The number of thiophene rings is 1. The Bertz CT molecular complexity index is 428. The molecule has 0 saturated heterocycles. The first-order valence-electron chi connectivity index (χ1n) is 4.00. The van der Waals surface area contributed by atoms with Gasteiger partial charge in [-0.25, -0.2) is 4.98 Å². The Morgan fingerprint density at radius 3 is 2.93 bits per heavy atom. The molecule has 0 unspecified atom stereocenters. The van der Waals surface area contributed by atoms with Gasteiger partial charge in [-0.3, -0.25) is 0 Å². The van der Waals surface area contributed by atoms with E-state index >= 15 is 0 Å². The molecule has 2 heterocycles. The van der Waals surface area contributed by atoms with Gasteiger partial charge in [0, 0.05) is 17.0 Å². The Morgan fingerprint density at radius 2 is 2.29 bits per heavy atom. The minimum Gasteiger partial charge on any atom is -0.481 e. The standard InChI is InChI=1S/C9H9N3OS/c1-13-8-4-7(11-9(10)12-8)6-2-3-14-5-6/h2-5H,1H3,(H2,10,11,12). The summed E-state index contributed by atoms with van der Waals surface area (Å²) >= 11 is 1.61. The van der Waals surface area contributed by atoms with Crippen LogP contribution in [0.3, 0.4) is 0 Å². The fraction of sp³-hybridized carbons (Fsp3) is 0.111. The molecule has 0 spiro atoms. The Kier molecular flexibility index (Phi) is 2.32. The van der Waals surface area contributed by atoms with E-state index in [9.17, 15) is 0 Å². The lowest BCUT2D eigenvalue weighted by atomic mass is 10.2. The molecular formula is C9H9N3OS. The summed E-state index contributed by atoms with van der Waals surface area (Å²) in [5.74, 6) is 0.712. The number of rotatable bonds is 2. The zero-order valence-electron chi connectivity index (χ0n) is 7.60. The molecule has 0 radical (unpaired) electrons. The maximum absolute atomic E-state index is 5.54. The lowest BCUT2D eigenvalue weighted by Gasteiger charge is -2.02. The van der Waals surface area contributed by atoms with E-state index in [4.69, 9.17) is 10.5 Å². The van der Waals surface area contributed by atoms with Gasteiger partial charge in [0.15, 0.2) is 0 Å². The van der Waals surface area contributed by atoms with Crippen molar-refractivity contribution in [2.75, 3.05) is 12.8 Å². The summed E-state index contributed by atoms with van der Waals surface area (Å²) < 4.78 is 5.01. The Hall–Kier alpha value is -1.62. The molecule has 0 atom stereocenters. The van der Waals surface area contributed by atoms with Crippen molar-refractivity contribution in [3.63, 3.8) is 0 Å².